The molecule has 1 aliphatic rings. The van der Waals surface area contributed by atoms with E-state index in [2.05, 4.69) is 45.9 Å². The maximum Gasteiger partial charge on any atom is 0.271 e. The van der Waals surface area contributed by atoms with Crippen molar-refractivity contribution in [3.63, 3.8) is 0 Å². The average Bonchev–Trinajstić information content (AvgIpc) is 3.19. The minimum absolute atomic E-state index is 0.218. The number of aromatic nitrogens is 1. The van der Waals surface area contributed by atoms with Crippen molar-refractivity contribution in [3.05, 3.63) is 90.6 Å². The van der Waals surface area contributed by atoms with Gasteiger partial charge in [-0.05, 0) is 30.3 Å². The van der Waals surface area contributed by atoms with E-state index in [4.69, 9.17) is 0 Å². The lowest BCUT2D eigenvalue weighted by atomic mass is 10.1. The van der Waals surface area contributed by atoms with Crippen LogP contribution in [0, 0.1) is 0 Å². The summed E-state index contributed by atoms with van der Waals surface area (Å²) >= 11 is 1.73. The van der Waals surface area contributed by atoms with Gasteiger partial charge in [0, 0.05) is 32.5 Å². The topological polar surface area (TPSA) is 68.9 Å². The number of carbonyl (C=O) groups is 1. The van der Waals surface area contributed by atoms with Crippen molar-refractivity contribution in [2.75, 3.05) is 5.32 Å². The van der Waals surface area contributed by atoms with Crippen LogP contribution in [0.3, 0.4) is 0 Å². The average molecular weight is 398 g/mol. The van der Waals surface area contributed by atoms with Crippen LogP contribution in [0.2, 0.25) is 0 Å². The molecule has 0 aliphatic carbocycles. The van der Waals surface area contributed by atoms with Crippen LogP contribution in [0.15, 0.2) is 89.3 Å². The van der Waals surface area contributed by atoms with Crippen molar-refractivity contribution in [1.29, 1.82) is 0 Å². The summed E-state index contributed by atoms with van der Waals surface area (Å²) in [5.41, 5.74) is 10.8. The molecule has 0 radical (unpaired) electrons. The first-order valence-corrected chi connectivity index (χ1v) is 10.0. The van der Waals surface area contributed by atoms with Crippen molar-refractivity contribution in [2.45, 2.75) is 9.79 Å². The second-order valence-corrected chi connectivity index (χ2v) is 7.82. The second-order valence-electron chi connectivity index (χ2n) is 6.74. The number of benzene rings is 3. The normalized spacial score (nSPS) is 11.9. The lowest BCUT2D eigenvalue weighted by Gasteiger charge is -2.21. The maximum atomic E-state index is 12.6. The monoisotopic (exact) mass is 398 g/mol. The van der Waals surface area contributed by atoms with Gasteiger partial charge in [-0.25, -0.2) is 0 Å². The Balaban J connectivity index is 1.30. The molecule has 0 atom stereocenters. The number of hydrogen-bond donors (Lipinski definition) is 4. The molecule has 5 rings (SSSR count). The summed E-state index contributed by atoms with van der Waals surface area (Å²) in [6.45, 7) is 4.07. The number of anilines is 2. The minimum atomic E-state index is -0.218. The van der Waals surface area contributed by atoms with Crippen LogP contribution in [-0.4, -0.2) is 10.9 Å². The third kappa shape index (κ3) is 3.23. The van der Waals surface area contributed by atoms with Gasteiger partial charge in [0.15, 0.2) is 0 Å². The molecule has 5 nitrogen and oxygen atoms in total. The predicted molar refractivity (Wildman–Crippen MR) is 118 cm³/mol. The Labute approximate surface area is 172 Å². The molecule has 2 heterocycles. The molecule has 0 fully saturated rings. The molecular formula is C23H18N4OS. The van der Waals surface area contributed by atoms with E-state index in [9.17, 15) is 4.79 Å². The smallest absolute Gasteiger partial charge is 0.271 e. The van der Waals surface area contributed by atoms with Crippen molar-refractivity contribution in [2.24, 2.45) is 0 Å². The van der Waals surface area contributed by atoms with E-state index in [1.807, 2.05) is 48.5 Å². The van der Waals surface area contributed by atoms with Gasteiger partial charge in [-0.3, -0.25) is 15.6 Å². The fourth-order valence-electron chi connectivity index (χ4n) is 3.36. The van der Waals surface area contributed by atoms with Crippen molar-refractivity contribution in [1.82, 2.24) is 15.8 Å². The number of hydrazine groups is 1. The molecule has 6 heteroatoms. The first-order chi connectivity index (χ1) is 14.2. The standard InChI is InChI=1S/C23H18N4OS/c1-14(26-27-23(28)17-13-24-18-7-3-2-6-16(17)18)15-10-11-22-20(12-15)25-19-8-4-5-9-21(19)29-22/h2-13,24-26H,1H2,(H,27,28). The van der Waals surface area contributed by atoms with E-state index in [0.717, 1.165) is 32.7 Å². The summed E-state index contributed by atoms with van der Waals surface area (Å²) < 4.78 is 0. The van der Waals surface area contributed by atoms with Crippen molar-refractivity contribution in [3.8, 4) is 0 Å². The molecule has 29 heavy (non-hydrogen) atoms. The molecule has 142 valence electrons. The van der Waals surface area contributed by atoms with Gasteiger partial charge in [-0.2, -0.15) is 0 Å². The maximum absolute atomic E-state index is 12.6. The number of para-hydroxylation sites is 2. The first kappa shape index (κ1) is 17.5. The fraction of sp³-hybridized carbons (Fsp3) is 0. The number of fused-ring (bicyclic) bond motifs is 3. The predicted octanol–water partition coefficient (Wildman–Crippen LogP) is 5.28. The molecule has 3 aromatic carbocycles. The summed E-state index contributed by atoms with van der Waals surface area (Å²) in [5.74, 6) is -0.218. The van der Waals surface area contributed by atoms with Crippen molar-refractivity contribution < 1.29 is 4.79 Å². The van der Waals surface area contributed by atoms with Crippen LogP contribution in [-0.2, 0) is 0 Å². The van der Waals surface area contributed by atoms with Gasteiger partial charge < -0.3 is 10.3 Å². The lowest BCUT2D eigenvalue weighted by molar-refractivity contribution is 0.0944. The third-order valence-corrected chi connectivity index (χ3v) is 6.02. The number of carbonyl (C=O) groups excluding carboxylic acids is 1. The van der Waals surface area contributed by atoms with Crippen LogP contribution in [0.5, 0.6) is 0 Å². The lowest BCUT2D eigenvalue weighted by Crippen LogP contribution is -2.35. The second kappa shape index (κ2) is 7.07. The molecule has 1 aromatic heterocycles. The van der Waals surface area contributed by atoms with Gasteiger partial charge in [0.05, 0.1) is 22.6 Å². The molecule has 4 N–H and O–H groups in total. The van der Waals surface area contributed by atoms with Gasteiger partial charge in [0.1, 0.15) is 0 Å². The molecule has 0 unspecified atom stereocenters. The number of rotatable bonds is 4. The fourth-order valence-corrected chi connectivity index (χ4v) is 4.33. The highest BCUT2D eigenvalue weighted by Gasteiger charge is 2.16. The SMILES string of the molecule is C=C(NNC(=O)c1c[nH]c2ccccc12)c1ccc2c(c1)Nc1ccccc1S2. The van der Waals surface area contributed by atoms with Gasteiger partial charge in [-0.1, -0.05) is 54.7 Å². The molecule has 0 bridgehead atoms. The summed E-state index contributed by atoms with van der Waals surface area (Å²) in [7, 11) is 0. The molecule has 1 aliphatic heterocycles. The first-order valence-electron chi connectivity index (χ1n) is 9.19. The van der Waals surface area contributed by atoms with Gasteiger partial charge >= 0.3 is 0 Å². The van der Waals surface area contributed by atoms with E-state index in [1.165, 1.54) is 4.90 Å². The van der Waals surface area contributed by atoms with E-state index in [0.29, 0.717) is 11.3 Å². The van der Waals surface area contributed by atoms with E-state index in [1.54, 1.807) is 18.0 Å². The Morgan fingerprint density at radius 2 is 1.69 bits per heavy atom. The molecule has 0 spiro atoms. The highest BCUT2D eigenvalue weighted by Crippen LogP contribution is 2.44. The zero-order valence-electron chi connectivity index (χ0n) is 15.5. The Morgan fingerprint density at radius 3 is 2.62 bits per heavy atom. The Kier molecular flexibility index (Phi) is 4.26. The summed E-state index contributed by atoms with van der Waals surface area (Å²) in [6, 6.07) is 22.0. The highest BCUT2D eigenvalue weighted by molar-refractivity contribution is 7.99. The van der Waals surface area contributed by atoms with Gasteiger partial charge in [0.25, 0.3) is 5.91 Å². The summed E-state index contributed by atoms with van der Waals surface area (Å²) in [4.78, 5) is 18.0. The Morgan fingerprint density at radius 1 is 0.897 bits per heavy atom. The quantitative estimate of drug-likeness (QED) is 0.311. The molecule has 4 aromatic rings. The zero-order valence-corrected chi connectivity index (χ0v) is 16.3. The van der Waals surface area contributed by atoms with E-state index >= 15 is 0 Å². The number of nitrogens with one attached hydrogen (secondary N) is 4. The van der Waals surface area contributed by atoms with Crippen LogP contribution in [0.4, 0.5) is 11.4 Å². The van der Waals surface area contributed by atoms with Gasteiger partial charge in [-0.15, -0.1) is 0 Å². The molecule has 0 saturated heterocycles. The van der Waals surface area contributed by atoms with E-state index < -0.39 is 0 Å². The summed E-state index contributed by atoms with van der Waals surface area (Å²) in [6.07, 6.45) is 1.71. The zero-order chi connectivity index (χ0) is 19.8. The van der Waals surface area contributed by atoms with E-state index in [-0.39, 0.29) is 5.91 Å². The highest BCUT2D eigenvalue weighted by atomic mass is 32.2. The number of aromatic amines is 1. The number of H-pyrrole nitrogens is 1. The molecule has 1 amide bonds. The third-order valence-electron chi connectivity index (χ3n) is 4.87. The Bertz CT molecular complexity index is 1260. The number of hydrogen-bond acceptors (Lipinski definition) is 4. The van der Waals surface area contributed by atoms with Crippen LogP contribution < -0.4 is 16.2 Å². The molecule has 0 saturated carbocycles. The largest absolute Gasteiger partial charge is 0.360 e. The molecular weight excluding hydrogens is 380 g/mol. The van der Waals surface area contributed by atoms with Crippen LogP contribution in [0.25, 0.3) is 16.6 Å². The van der Waals surface area contributed by atoms with Gasteiger partial charge in [0.2, 0.25) is 0 Å². The van der Waals surface area contributed by atoms with Crippen molar-refractivity contribution >= 4 is 45.6 Å². The minimum Gasteiger partial charge on any atom is -0.360 e. The van der Waals surface area contributed by atoms with Crippen LogP contribution >= 0.6 is 11.8 Å². The summed E-state index contributed by atoms with van der Waals surface area (Å²) in [5, 5.41) is 4.34. The number of amides is 1. The Hall–Kier alpha value is -3.64. The van der Waals surface area contributed by atoms with Crippen LogP contribution in [0.1, 0.15) is 15.9 Å².